The zero-order valence-electron chi connectivity index (χ0n) is 29.0. The zero-order valence-corrected chi connectivity index (χ0v) is 29.8. The number of likely N-dealkylation sites (N-methyl/N-ethyl adjacent to an activating group) is 1. The number of amides is 2. The first kappa shape index (κ1) is 39.1. The van der Waals surface area contributed by atoms with Crippen LogP contribution in [0.1, 0.15) is 86.0 Å². The quantitative estimate of drug-likeness (QED) is 0.208. The van der Waals surface area contributed by atoms with E-state index in [9.17, 15) is 33.3 Å². The molecule has 1 aliphatic carbocycles. The van der Waals surface area contributed by atoms with Crippen molar-refractivity contribution in [1.29, 1.82) is 0 Å². The highest BCUT2D eigenvalue weighted by molar-refractivity contribution is 7.90. The van der Waals surface area contributed by atoms with E-state index in [0.717, 1.165) is 0 Å². The Balaban J connectivity index is 1.79. The first-order chi connectivity index (χ1) is 21.3. The van der Waals surface area contributed by atoms with Gasteiger partial charge in [-0.15, -0.1) is 0 Å². The molecule has 0 aromatic heterocycles. The lowest BCUT2D eigenvalue weighted by atomic mass is 9.77. The van der Waals surface area contributed by atoms with E-state index in [1.807, 2.05) is 32.8 Å². The van der Waals surface area contributed by atoms with Gasteiger partial charge < -0.3 is 39.9 Å². The molecule has 2 aliphatic heterocycles. The van der Waals surface area contributed by atoms with Gasteiger partial charge in [-0.2, -0.15) is 0 Å². The van der Waals surface area contributed by atoms with Gasteiger partial charge in [0.2, 0.25) is 21.8 Å². The number of aliphatic hydroxyl groups is 3. The molecule has 46 heavy (non-hydrogen) atoms. The summed E-state index contributed by atoms with van der Waals surface area (Å²) in [4.78, 5) is 30.3. The first-order valence-electron chi connectivity index (χ1n) is 16.9. The summed E-state index contributed by atoms with van der Waals surface area (Å²) in [5, 5.41) is 37.3. The smallest absolute Gasteiger partial charge is 0.225 e. The van der Waals surface area contributed by atoms with Crippen LogP contribution >= 0.6 is 0 Å². The molecular formula is C32H60N4O9S. The number of hydrogen-bond donors (Lipinski definition) is 5. The lowest BCUT2D eigenvalue weighted by Gasteiger charge is -2.46. The number of ether oxygens (including phenoxy) is 2. The number of carbonyl (C=O) groups is 2. The Morgan fingerprint density at radius 3 is 2.37 bits per heavy atom. The lowest BCUT2D eigenvalue weighted by molar-refractivity contribution is -0.299. The van der Waals surface area contributed by atoms with Crippen molar-refractivity contribution in [3.05, 3.63) is 0 Å². The van der Waals surface area contributed by atoms with E-state index in [2.05, 4.69) is 10.0 Å². The highest BCUT2D eigenvalue weighted by Crippen LogP contribution is 2.35. The van der Waals surface area contributed by atoms with Gasteiger partial charge in [-0.3, -0.25) is 9.59 Å². The molecule has 268 valence electrons. The van der Waals surface area contributed by atoms with Crippen LogP contribution in [0.4, 0.5) is 0 Å². The number of hydrogen-bond acceptors (Lipinski definition) is 10. The van der Waals surface area contributed by atoms with E-state index in [0.29, 0.717) is 51.6 Å². The molecule has 1 saturated carbocycles. The number of carbonyl (C=O) groups excluding carboxylic acids is 2. The monoisotopic (exact) mass is 676 g/mol. The molecule has 2 amide bonds. The van der Waals surface area contributed by atoms with E-state index < -0.39 is 64.0 Å². The number of sulfonamides is 1. The van der Waals surface area contributed by atoms with Crippen LogP contribution in [0.25, 0.3) is 0 Å². The largest absolute Gasteiger partial charge is 0.392 e. The van der Waals surface area contributed by atoms with Crippen LogP contribution in [0.15, 0.2) is 0 Å². The molecule has 0 radical (unpaired) electrons. The number of aliphatic hydroxyl groups excluding tert-OH is 2. The minimum absolute atomic E-state index is 0.0609. The van der Waals surface area contributed by atoms with Crippen molar-refractivity contribution in [3.63, 3.8) is 0 Å². The highest BCUT2D eigenvalue weighted by Gasteiger charge is 2.47. The summed E-state index contributed by atoms with van der Waals surface area (Å²) in [6.45, 7) is 9.42. The Bertz CT molecular complexity index is 1120. The van der Waals surface area contributed by atoms with Crippen LogP contribution in [0, 0.1) is 17.8 Å². The molecule has 0 spiro atoms. The van der Waals surface area contributed by atoms with Crippen LogP contribution in [-0.4, -0.2) is 133 Å². The summed E-state index contributed by atoms with van der Waals surface area (Å²) < 4.78 is 39.3. The normalized spacial score (nSPS) is 39.3. The maximum Gasteiger partial charge on any atom is 0.225 e. The molecule has 14 heteroatoms. The molecule has 0 unspecified atom stereocenters. The van der Waals surface area contributed by atoms with Crippen molar-refractivity contribution in [3.8, 4) is 0 Å². The molecule has 5 N–H and O–H groups in total. The van der Waals surface area contributed by atoms with Crippen molar-refractivity contribution in [2.75, 3.05) is 34.2 Å². The Kier molecular flexibility index (Phi) is 13.9. The molecule has 0 aromatic carbocycles. The summed E-state index contributed by atoms with van der Waals surface area (Å²) in [6.07, 6.45) is -0.662. The highest BCUT2D eigenvalue weighted by atomic mass is 32.2. The molecule has 2 heterocycles. The molecule has 0 bridgehead atoms. The van der Waals surface area contributed by atoms with Crippen LogP contribution in [0.3, 0.4) is 0 Å². The second kappa shape index (κ2) is 16.3. The van der Waals surface area contributed by atoms with Gasteiger partial charge in [-0.25, -0.2) is 13.1 Å². The molecule has 3 fully saturated rings. The van der Waals surface area contributed by atoms with Gasteiger partial charge in [0.25, 0.3) is 0 Å². The van der Waals surface area contributed by atoms with Crippen LogP contribution < -0.4 is 10.0 Å². The van der Waals surface area contributed by atoms with Gasteiger partial charge in [0.1, 0.15) is 6.10 Å². The van der Waals surface area contributed by atoms with E-state index in [-0.39, 0.29) is 42.1 Å². The van der Waals surface area contributed by atoms with E-state index in [1.165, 1.54) is 0 Å². The summed E-state index contributed by atoms with van der Waals surface area (Å²) in [5.41, 5.74) is -1.51. The van der Waals surface area contributed by atoms with Crippen molar-refractivity contribution in [1.82, 2.24) is 19.8 Å². The Morgan fingerprint density at radius 2 is 1.76 bits per heavy atom. The predicted molar refractivity (Wildman–Crippen MR) is 174 cm³/mol. The molecule has 3 rings (SSSR count). The second-order valence-corrected chi connectivity index (χ2v) is 16.8. The molecular weight excluding hydrogens is 616 g/mol. The molecule has 3 aliphatic rings. The molecule has 0 aromatic rings. The lowest BCUT2D eigenvalue weighted by Crippen LogP contribution is -2.59. The first-order valence-corrected chi connectivity index (χ1v) is 18.5. The molecule has 11 atom stereocenters. The van der Waals surface area contributed by atoms with Gasteiger partial charge >= 0.3 is 0 Å². The number of nitrogens with one attached hydrogen (secondary N) is 2. The van der Waals surface area contributed by atoms with Crippen molar-refractivity contribution >= 4 is 21.8 Å². The Labute approximate surface area is 275 Å². The van der Waals surface area contributed by atoms with Gasteiger partial charge in [0.15, 0.2) is 6.29 Å². The van der Waals surface area contributed by atoms with Crippen molar-refractivity contribution in [2.24, 2.45) is 17.8 Å². The van der Waals surface area contributed by atoms with E-state index in [1.54, 1.807) is 32.7 Å². The van der Waals surface area contributed by atoms with Crippen LogP contribution in [0.5, 0.6) is 0 Å². The SMILES string of the molecule is C[C@H]1CN(C)C(=O)C[C@H](CCCCNS(=O)(=O)C2CC2)NC(=O)[C@H](C)[C@@H](O)[C@H](C)[C@@H](O[C@@H]2O[C@H](C)C[C@H](N(C)C)[C@H]2O)[C@](C)(O)C1. The maximum atomic E-state index is 13.5. The van der Waals surface area contributed by atoms with Gasteiger partial charge in [0.05, 0.1) is 35.1 Å². The fourth-order valence-corrected chi connectivity index (χ4v) is 8.45. The molecule has 13 nitrogen and oxygen atoms in total. The average Bonchev–Trinajstić information content (AvgIpc) is 3.81. The Hall–Kier alpha value is -1.39. The maximum absolute atomic E-state index is 13.5. The number of nitrogens with zero attached hydrogens (tertiary/aromatic N) is 2. The standard InChI is InChI=1S/C32H60N4O9S/c1-19-17-32(5,41)29(45-31-28(39)25(35(6)7)15-20(2)44-31)21(3)27(38)22(4)30(40)34-23(16-26(37)36(8)18-19)11-9-10-14-33-46(42,43)24-12-13-24/h19-25,27-29,31,33,38-39,41H,9-18H2,1-8H3,(H,34,40)/t19-,20-,21+,22-,23+,25+,27+,28-,29-,31+,32-/m1/s1. The minimum Gasteiger partial charge on any atom is -0.392 e. The van der Waals surface area contributed by atoms with Crippen LogP contribution in [0.2, 0.25) is 0 Å². The minimum atomic E-state index is -3.27. The fourth-order valence-electron chi connectivity index (χ4n) is 7.03. The topological polar surface area (TPSA) is 178 Å². The number of unbranched alkanes of at least 4 members (excludes halogenated alkanes) is 1. The third-order valence-corrected chi connectivity index (χ3v) is 11.9. The summed E-state index contributed by atoms with van der Waals surface area (Å²) >= 11 is 0. The van der Waals surface area contributed by atoms with Crippen molar-refractivity contribution in [2.45, 2.75) is 140 Å². The van der Waals surface area contributed by atoms with E-state index >= 15 is 0 Å². The van der Waals surface area contributed by atoms with Crippen molar-refractivity contribution < 1.29 is 42.8 Å². The zero-order chi connectivity index (χ0) is 34.6. The average molecular weight is 677 g/mol. The second-order valence-electron chi connectivity index (χ2n) is 14.8. The van der Waals surface area contributed by atoms with Crippen LogP contribution in [-0.2, 0) is 29.1 Å². The Morgan fingerprint density at radius 1 is 1.11 bits per heavy atom. The number of rotatable bonds is 10. The summed E-state index contributed by atoms with van der Waals surface area (Å²) in [7, 11) is 2.17. The predicted octanol–water partition coefficient (Wildman–Crippen LogP) is 0.807. The van der Waals surface area contributed by atoms with E-state index in [4.69, 9.17) is 9.47 Å². The van der Waals surface area contributed by atoms with Gasteiger partial charge in [-0.05, 0) is 72.4 Å². The third-order valence-electron chi connectivity index (χ3n) is 9.90. The third kappa shape index (κ3) is 10.6. The molecule has 2 saturated heterocycles. The van der Waals surface area contributed by atoms with Gasteiger partial charge in [-0.1, -0.05) is 27.2 Å². The summed E-state index contributed by atoms with van der Waals surface area (Å²) in [6, 6.07) is -0.743. The summed E-state index contributed by atoms with van der Waals surface area (Å²) in [5.74, 6) is -2.41. The fraction of sp³-hybridized carbons (Fsp3) is 0.938. The van der Waals surface area contributed by atoms with Gasteiger partial charge in [0, 0.05) is 44.6 Å².